The highest BCUT2D eigenvalue weighted by molar-refractivity contribution is 7.93. The first kappa shape index (κ1) is 14.4. The van der Waals surface area contributed by atoms with E-state index in [0.29, 0.717) is 6.42 Å². The number of hydrogen-bond donors (Lipinski definition) is 1. The maximum absolute atomic E-state index is 11.7. The van der Waals surface area contributed by atoms with Gasteiger partial charge in [-0.25, -0.2) is 8.42 Å². The molecule has 0 aliphatic rings. The molecule has 0 fully saturated rings. The molecular weight excluding hydrogens is 216 g/mol. The average Bonchev–Trinajstić information content (AvgIpc) is 2.12. The average molecular weight is 236 g/mol. The summed E-state index contributed by atoms with van der Waals surface area (Å²) in [6.07, 6.45) is 3.41. The highest BCUT2D eigenvalue weighted by atomic mass is 32.2. The largest absolute Gasteiger partial charge is 0.480 e. The van der Waals surface area contributed by atoms with Crippen molar-refractivity contribution in [3.8, 4) is 0 Å². The SMILES string of the molecule is CCCCCCS(=O)(=O)C(C)(C)C(=O)O. The van der Waals surface area contributed by atoms with Crippen molar-refractivity contribution in [3.63, 3.8) is 0 Å². The van der Waals surface area contributed by atoms with Crippen molar-refractivity contribution in [1.29, 1.82) is 0 Å². The Balaban J connectivity index is 4.37. The number of carboxylic acids is 1. The van der Waals surface area contributed by atoms with Gasteiger partial charge in [0.1, 0.15) is 0 Å². The predicted octanol–water partition coefficient (Wildman–Crippen LogP) is 1.84. The molecule has 90 valence electrons. The van der Waals surface area contributed by atoms with Crippen LogP contribution in [0.1, 0.15) is 46.5 Å². The van der Waals surface area contributed by atoms with Crippen molar-refractivity contribution < 1.29 is 18.3 Å². The highest BCUT2D eigenvalue weighted by Gasteiger charge is 2.41. The summed E-state index contributed by atoms with van der Waals surface area (Å²) in [7, 11) is -3.54. The van der Waals surface area contributed by atoms with E-state index in [1.807, 2.05) is 6.92 Å². The first-order valence-electron chi connectivity index (χ1n) is 5.21. The molecule has 0 bridgehead atoms. The van der Waals surface area contributed by atoms with Crippen molar-refractivity contribution in [1.82, 2.24) is 0 Å². The summed E-state index contributed by atoms with van der Waals surface area (Å²) in [6, 6.07) is 0. The molecule has 15 heavy (non-hydrogen) atoms. The highest BCUT2D eigenvalue weighted by Crippen LogP contribution is 2.19. The molecule has 0 aromatic carbocycles. The van der Waals surface area contributed by atoms with E-state index in [4.69, 9.17) is 5.11 Å². The third-order valence-electron chi connectivity index (χ3n) is 2.56. The lowest BCUT2D eigenvalue weighted by Crippen LogP contribution is -2.41. The van der Waals surface area contributed by atoms with Crippen molar-refractivity contribution in [2.45, 2.75) is 51.2 Å². The van der Waals surface area contributed by atoms with Crippen LogP contribution in [0, 0.1) is 0 Å². The van der Waals surface area contributed by atoms with E-state index >= 15 is 0 Å². The molecule has 0 amide bonds. The fourth-order valence-electron chi connectivity index (χ4n) is 1.11. The monoisotopic (exact) mass is 236 g/mol. The summed E-state index contributed by atoms with van der Waals surface area (Å²) >= 11 is 0. The van der Waals surface area contributed by atoms with Gasteiger partial charge >= 0.3 is 5.97 Å². The van der Waals surface area contributed by atoms with Gasteiger partial charge in [0, 0.05) is 0 Å². The summed E-state index contributed by atoms with van der Waals surface area (Å²) < 4.78 is 21.7. The summed E-state index contributed by atoms with van der Waals surface area (Å²) in [4.78, 5) is 10.8. The zero-order chi connectivity index (χ0) is 12.1. The van der Waals surface area contributed by atoms with Crippen LogP contribution in [0.4, 0.5) is 0 Å². The van der Waals surface area contributed by atoms with Crippen molar-refractivity contribution in [2.24, 2.45) is 0 Å². The second-order valence-electron chi connectivity index (χ2n) is 4.19. The topological polar surface area (TPSA) is 71.4 Å². The smallest absolute Gasteiger partial charge is 0.324 e. The Labute approximate surface area is 91.6 Å². The van der Waals surface area contributed by atoms with Crippen LogP contribution in [-0.4, -0.2) is 30.0 Å². The zero-order valence-electron chi connectivity index (χ0n) is 9.62. The molecular formula is C10H20O4S. The molecule has 0 aromatic rings. The molecule has 5 heteroatoms. The molecule has 0 aliphatic heterocycles. The molecule has 0 saturated heterocycles. The number of rotatable bonds is 7. The first-order chi connectivity index (χ1) is 6.75. The van der Waals surface area contributed by atoms with Gasteiger partial charge in [-0.05, 0) is 20.3 Å². The van der Waals surface area contributed by atoms with Crippen molar-refractivity contribution in [2.75, 3.05) is 5.75 Å². The number of unbranched alkanes of at least 4 members (excludes halogenated alkanes) is 3. The molecule has 0 rings (SSSR count). The second kappa shape index (κ2) is 5.49. The van der Waals surface area contributed by atoms with Gasteiger partial charge in [0.15, 0.2) is 14.6 Å². The standard InChI is InChI=1S/C10H20O4S/c1-4-5-6-7-8-15(13,14)10(2,3)9(11)12/h4-8H2,1-3H3,(H,11,12). The molecule has 4 nitrogen and oxygen atoms in total. The predicted molar refractivity (Wildman–Crippen MR) is 59.6 cm³/mol. The third-order valence-corrected chi connectivity index (χ3v) is 5.11. The third kappa shape index (κ3) is 3.81. The van der Waals surface area contributed by atoms with Crippen LogP contribution >= 0.6 is 0 Å². The Bertz CT molecular complexity index is 303. The van der Waals surface area contributed by atoms with E-state index in [9.17, 15) is 13.2 Å². The number of sulfone groups is 1. The van der Waals surface area contributed by atoms with Crippen LogP contribution in [-0.2, 0) is 14.6 Å². The van der Waals surface area contributed by atoms with E-state index in [2.05, 4.69) is 0 Å². The molecule has 0 aromatic heterocycles. The fourth-order valence-corrected chi connectivity index (χ4v) is 2.47. The first-order valence-corrected chi connectivity index (χ1v) is 6.86. The Morgan fingerprint density at radius 2 is 1.73 bits per heavy atom. The van der Waals surface area contributed by atoms with Crippen LogP contribution in [0.5, 0.6) is 0 Å². The maximum atomic E-state index is 11.7. The molecule has 0 atom stereocenters. The molecule has 0 radical (unpaired) electrons. The fraction of sp³-hybridized carbons (Fsp3) is 0.900. The number of hydrogen-bond acceptors (Lipinski definition) is 3. The summed E-state index contributed by atoms with van der Waals surface area (Å²) in [6.45, 7) is 4.52. The Hall–Kier alpha value is -0.580. The van der Waals surface area contributed by atoms with Crippen LogP contribution in [0.3, 0.4) is 0 Å². The van der Waals surface area contributed by atoms with Gasteiger partial charge in [-0.3, -0.25) is 4.79 Å². The lowest BCUT2D eigenvalue weighted by molar-refractivity contribution is -0.139. The maximum Gasteiger partial charge on any atom is 0.324 e. The second-order valence-corrected chi connectivity index (χ2v) is 6.85. The summed E-state index contributed by atoms with van der Waals surface area (Å²) in [5, 5.41) is 8.80. The van der Waals surface area contributed by atoms with Gasteiger partial charge in [0.2, 0.25) is 0 Å². The van der Waals surface area contributed by atoms with Gasteiger partial charge < -0.3 is 5.11 Å². The van der Waals surface area contributed by atoms with Crippen LogP contribution in [0.15, 0.2) is 0 Å². The molecule has 0 saturated carbocycles. The van der Waals surface area contributed by atoms with E-state index in [1.54, 1.807) is 0 Å². The van der Waals surface area contributed by atoms with Gasteiger partial charge in [0.05, 0.1) is 5.75 Å². The minimum absolute atomic E-state index is 0.0354. The number of aliphatic carboxylic acids is 1. The Morgan fingerprint density at radius 1 is 1.20 bits per heavy atom. The van der Waals surface area contributed by atoms with Crippen LogP contribution in [0.2, 0.25) is 0 Å². The van der Waals surface area contributed by atoms with Crippen LogP contribution in [0.25, 0.3) is 0 Å². The molecule has 0 unspecified atom stereocenters. The van der Waals surface area contributed by atoms with Crippen molar-refractivity contribution in [3.05, 3.63) is 0 Å². The van der Waals surface area contributed by atoms with E-state index in [1.165, 1.54) is 13.8 Å². The molecule has 0 spiro atoms. The van der Waals surface area contributed by atoms with Gasteiger partial charge in [-0.15, -0.1) is 0 Å². The van der Waals surface area contributed by atoms with Crippen molar-refractivity contribution >= 4 is 15.8 Å². The van der Waals surface area contributed by atoms with E-state index in [-0.39, 0.29) is 5.75 Å². The van der Waals surface area contributed by atoms with Crippen LogP contribution < -0.4 is 0 Å². The normalized spacial score (nSPS) is 12.7. The molecule has 1 N–H and O–H groups in total. The Kier molecular flexibility index (Phi) is 5.28. The summed E-state index contributed by atoms with van der Waals surface area (Å²) in [5.74, 6) is -1.32. The number of carboxylic acid groups (broad SMARTS) is 1. The van der Waals surface area contributed by atoms with Gasteiger partial charge in [-0.1, -0.05) is 26.2 Å². The van der Waals surface area contributed by atoms with Gasteiger partial charge in [-0.2, -0.15) is 0 Å². The molecule has 0 aliphatic carbocycles. The molecule has 0 heterocycles. The Morgan fingerprint density at radius 3 is 2.13 bits per heavy atom. The number of carbonyl (C=O) groups is 1. The summed E-state index contributed by atoms with van der Waals surface area (Å²) in [5.41, 5.74) is 0. The van der Waals surface area contributed by atoms with E-state index < -0.39 is 20.6 Å². The minimum atomic E-state index is -3.54. The lowest BCUT2D eigenvalue weighted by Gasteiger charge is -2.19. The van der Waals surface area contributed by atoms with E-state index in [0.717, 1.165) is 19.3 Å². The minimum Gasteiger partial charge on any atom is -0.480 e. The van der Waals surface area contributed by atoms with Gasteiger partial charge in [0.25, 0.3) is 0 Å². The quantitative estimate of drug-likeness (QED) is 0.685. The lowest BCUT2D eigenvalue weighted by atomic mass is 10.2. The zero-order valence-corrected chi connectivity index (χ0v) is 10.4.